The lowest BCUT2D eigenvalue weighted by atomic mass is 9.94. The predicted molar refractivity (Wildman–Crippen MR) is 84.7 cm³/mol. The topological polar surface area (TPSA) is 60.2 Å². The van der Waals surface area contributed by atoms with Gasteiger partial charge in [-0.05, 0) is 49.9 Å². The Hall–Kier alpha value is -1.13. The number of hydrogen-bond acceptors (Lipinski definition) is 4. The molecular weight excluding hydrogens is 250 g/mol. The molecule has 1 aromatic heterocycles. The minimum absolute atomic E-state index is 0.209. The van der Waals surface area contributed by atoms with Gasteiger partial charge < -0.3 is 15.8 Å². The van der Waals surface area contributed by atoms with Crippen LogP contribution >= 0.6 is 0 Å². The van der Waals surface area contributed by atoms with Crippen LogP contribution in [0.25, 0.3) is 0 Å². The van der Waals surface area contributed by atoms with Crippen molar-refractivity contribution in [2.24, 2.45) is 5.92 Å². The Morgan fingerprint density at radius 2 is 2.10 bits per heavy atom. The molecule has 0 radical (unpaired) electrons. The van der Waals surface area contributed by atoms with Gasteiger partial charge in [0.25, 0.3) is 0 Å². The highest BCUT2D eigenvalue weighted by atomic mass is 16.5. The van der Waals surface area contributed by atoms with Crippen LogP contribution in [0, 0.1) is 5.92 Å². The van der Waals surface area contributed by atoms with E-state index in [9.17, 15) is 0 Å². The molecule has 0 amide bonds. The molecule has 1 aromatic rings. The van der Waals surface area contributed by atoms with Gasteiger partial charge in [0.15, 0.2) is 0 Å². The highest BCUT2D eigenvalue weighted by Gasteiger charge is 2.24. The van der Waals surface area contributed by atoms with Crippen LogP contribution in [0.3, 0.4) is 0 Å². The lowest BCUT2D eigenvalue weighted by molar-refractivity contribution is 0.00362. The van der Waals surface area contributed by atoms with Gasteiger partial charge in [0.05, 0.1) is 6.10 Å². The van der Waals surface area contributed by atoms with E-state index < -0.39 is 0 Å². The number of nitrogen functional groups attached to an aromatic ring is 1. The van der Waals surface area contributed by atoms with Crippen LogP contribution in [-0.2, 0) is 11.2 Å². The summed E-state index contributed by atoms with van der Waals surface area (Å²) in [4.78, 5) is 4.05. The zero-order chi connectivity index (χ0) is 15.0. The van der Waals surface area contributed by atoms with Crippen LogP contribution in [0.5, 0.6) is 0 Å². The fourth-order valence-electron chi connectivity index (χ4n) is 2.48. The molecule has 0 aliphatic carbocycles. The van der Waals surface area contributed by atoms with Gasteiger partial charge in [0.2, 0.25) is 0 Å². The van der Waals surface area contributed by atoms with Crippen molar-refractivity contribution < 1.29 is 4.74 Å². The number of nitrogens with two attached hydrogens (primary N) is 1. The van der Waals surface area contributed by atoms with Crippen molar-refractivity contribution in [2.45, 2.75) is 52.7 Å². The van der Waals surface area contributed by atoms with E-state index in [1.165, 1.54) is 5.56 Å². The third-order valence-corrected chi connectivity index (χ3v) is 3.37. The van der Waals surface area contributed by atoms with Crippen LogP contribution < -0.4 is 11.1 Å². The van der Waals surface area contributed by atoms with Gasteiger partial charge in [-0.1, -0.05) is 20.8 Å². The average molecular weight is 279 g/mol. The van der Waals surface area contributed by atoms with Crippen molar-refractivity contribution >= 4 is 5.82 Å². The Morgan fingerprint density at radius 1 is 1.35 bits per heavy atom. The van der Waals surface area contributed by atoms with Crippen molar-refractivity contribution in [1.82, 2.24) is 10.3 Å². The van der Waals surface area contributed by atoms with E-state index in [2.05, 4.69) is 38.0 Å². The molecule has 114 valence electrons. The summed E-state index contributed by atoms with van der Waals surface area (Å²) in [6.07, 6.45) is 4.01. The number of aromatic nitrogens is 1. The van der Waals surface area contributed by atoms with E-state index in [0.29, 0.717) is 17.8 Å². The molecule has 4 nitrogen and oxygen atoms in total. The van der Waals surface area contributed by atoms with Gasteiger partial charge in [-0.3, -0.25) is 0 Å². The normalized spacial score (nSPS) is 14.4. The van der Waals surface area contributed by atoms with Crippen molar-refractivity contribution in [2.75, 3.05) is 18.9 Å². The zero-order valence-corrected chi connectivity index (χ0v) is 13.2. The Kier molecular flexibility index (Phi) is 7.55. The second-order valence-corrected chi connectivity index (χ2v) is 5.52. The van der Waals surface area contributed by atoms with Crippen LogP contribution in [0.1, 0.15) is 39.7 Å². The molecule has 0 spiro atoms. The number of nitrogens with one attached hydrogen (secondary N) is 1. The lowest BCUT2D eigenvalue weighted by Gasteiger charge is -2.31. The van der Waals surface area contributed by atoms with E-state index in [1.807, 2.05) is 12.1 Å². The number of pyridine rings is 1. The van der Waals surface area contributed by atoms with Crippen LogP contribution in [0.4, 0.5) is 5.82 Å². The molecule has 0 fully saturated rings. The number of anilines is 1. The van der Waals surface area contributed by atoms with Crippen molar-refractivity contribution in [3.8, 4) is 0 Å². The molecule has 4 heteroatoms. The fraction of sp³-hybridized carbons (Fsp3) is 0.688. The molecule has 20 heavy (non-hydrogen) atoms. The van der Waals surface area contributed by atoms with Crippen molar-refractivity contribution in [3.63, 3.8) is 0 Å². The number of rotatable bonds is 9. The van der Waals surface area contributed by atoms with Gasteiger partial charge in [-0.15, -0.1) is 0 Å². The van der Waals surface area contributed by atoms with Gasteiger partial charge in [-0.2, -0.15) is 0 Å². The first-order valence-corrected chi connectivity index (χ1v) is 7.63. The molecular formula is C16H29N3O. The summed E-state index contributed by atoms with van der Waals surface area (Å²) in [5.41, 5.74) is 6.97. The summed E-state index contributed by atoms with van der Waals surface area (Å²) in [5, 5.41) is 3.62. The number of hydrogen-bond donors (Lipinski definition) is 2. The first kappa shape index (κ1) is 16.9. The smallest absolute Gasteiger partial charge is 0.123 e. The van der Waals surface area contributed by atoms with Gasteiger partial charge in [0.1, 0.15) is 5.82 Å². The SMILES string of the molecule is CCCNC(Cc1ccnc(N)c1)C(OCC)C(C)C. The summed E-state index contributed by atoms with van der Waals surface area (Å²) in [6, 6.07) is 4.28. The lowest BCUT2D eigenvalue weighted by Crippen LogP contribution is -2.46. The van der Waals surface area contributed by atoms with Gasteiger partial charge in [0, 0.05) is 18.8 Å². The van der Waals surface area contributed by atoms with E-state index in [-0.39, 0.29) is 6.10 Å². The standard InChI is InChI=1S/C16H29N3O/c1-5-8-18-14(16(12(3)4)20-6-2)10-13-7-9-19-15(17)11-13/h7,9,11-12,14,16,18H,5-6,8,10H2,1-4H3,(H2,17,19). The molecule has 1 heterocycles. The molecule has 0 bridgehead atoms. The second kappa shape index (κ2) is 8.93. The largest absolute Gasteiger partial charge is 0.384 e. The maximum Gasteiger partial charge on any atom is 0.123 e. The maximum absolute atomic E-state index is 5.96. The Balaban J connectivity index is 2.81. The molecule has 0 saturated carbocycles. The summed E-state index contributed by atoms with van der Waals surface area (Å²) in [5.74, 6) is 1.05. The molecule has 3 N–H and O–H groups in total. The van der Waals surface area contributed by atoms with E-state index >= 15 is 0 Å². The van der Waals surface area contributed by atoms with Gasteiger partial charge in [-0.25, -0.2) is 4.98 Å². The van der Waals surface area contributed by atoms with E-state index in [0.717, 1.165) is 26.0 Å². The maximum atomic E-state index is 5.96. The van der Waals surface area contributed by atoms with Crippen molar-refractivity contribution in [3.05, 3.63) is 23.9 Å². The summed E-state index contributed by atoms with van der Waals surface area (Å²) >= 11 is 0. The van der Waals surface area contributed by atoms with Crippen LogP contribution in [-0.4, -0.2) is 30.3 Å². The van der Waals surface area contributed by atoms with Crippen LogP contribution in [0.2, 0.25) is 0 Å². The predicted octanol–water partition coefficient (Wildman–Crippen LogP) is 2.64. The highest BCUT2D eigenvalue weighted by Crippen LogP contribution is 2.16. The third kappa shape index (κ3) is 5.47. The zero-order valence-electron chi connectivity index (χ0n) is 13.2. The Morgan fingerprint density at radius 3 is 2.65 bits per heavy atom. The highest BCUT2D eigenvalue weighted by molar-refractivity contribution is 5.32. The molecule has 0 saturated heterocycles. The Bertz CT molecular complexity index is 382. The molecule has 0 aliphatic rings. The monoisotopic (exact) mass is 279 g/mol. The first-order valence-electron chi connectivity index (χ1n) is 7.63. The molecule has 0 aliphatic heterocycles. The minimum atomic E-state index is 0.209. The third-order valence-electron chi connectivity index (χ3n) is 3.37. The summed E-state index contributed by atoms with van der Waals surface area (Å²) < 4.78 is 5.96. The first-order chi connectivity index (χ1) is 9.58. The molecule has 2 atom stereocenters. The Labute approximate surface area is 123 Å². The molecule has 0 aromatic carbocycles. The van der Waals surface area contributed by atoms with Crippen molar-refractivity contribution in [1.29, 1.82) is 0 Å². The molecule has 1 rings (SSSR count). The average Bonchev–Trinajstić information content (AvgIpc) is 2.41. The van der Waals surface area contributed by atoms with E-state index in [4.69, 9.17) is 10.5 Å². The molecule has 2 unspecified atom stereocenters. The van der Waals surface area contributed by atoms with E-state index in [1.54, 1.807) is 6.20 Å². The number of ether oxygens (including phenoxy) is 1. The van der Waals surface area contributed by atoms with Crippen LogP contribution in [0.15, 0.2) is 18.3 Å². The quantitative estimate of drug-likeness (QED) is 0.729. The summed E-state index contributed by atoms with van der Waals surface area (Å²) in [7, 11) is 0. The number of nitrogens with zero attached hydrogens (tertiary/aromatic N) is 1. The summed E-state index contributed by atoms with van der Waals surface area (Å²) in [6.45, 7) is 10.4. The minimum Gasteiger partial charge on any atom is -0.384 e. The van der Waals surface area contributed by atoms with Gasteiger partial charge >= 0.3 is 0 Å². The second-order valence-electron chi connectivity index (χ2n) is 5.52. The fourth-order valence-corrected chi connectivity index (χ4v) is 2.48.